The molecule has 0 aromatic rings. The molecule has 0 saturated carbocycles. The van der Waals surface area contributed by atoms with Gasteiger partial charge in [-0.15, -0.1) is 0 Å². The number of carbonyl (C=O) groups is 2. The number of esters is 1. The van der Waals surface area contributed by atoms with E-state index in [4.69, 9.17) is 29.4 Å². The smallest absolute Gasteiger partial charge is 0.331 e. The first-order valence-electron chi connectivity index (χ1n) is 22.6. The molecule has 3 saturated heterocycles. The summed E-state index contributed by atoms with van der Waals surface area (Å²) in [6.45, 7) is 9.15. The normalized spacial score (nSPS) is 38.6. The van der Waals surface area contributed by atoms with Crippen LogP contribution in [-0.4, -0.2) is 114 Å². The second-order valence-electron chi connectivity index (χ2n) is 17.4. The molecule has 1 amide bonds. The minimum atomic E-state index is -1.18. The molecule has 6 N–H and O–H groups in total. The molecule has 0 aromatic heterocycles. The average Bonchev–Trinajstić information content (AvgIpc) is 3.59. The van der Waals surface area contributed by atoms with Gasteiger partial charge in [0.25, 0.3) is 0 Å². The molecule has 0 spiro atoms. The first-order chi connectivity index (χ1) is 29.4. The largest absolute Gasteiger partial charge is 0.452 e. The maximum Gasteiger partial charge on any atom is 0.331 e. The van der Waals surface area contributed by atoms with Crippen LogP contribution in [0.15, 0.2) is 96.7 Å². The van der Waals surface area contributed by atoms with Gasteiger partial charge in [0.1, 0.15) is 24.4 Å². The van der Waals surface area contributed by atoms with Gasteiger partial charge in [-0.05, 0) is 63.0 Å². The van der Waals surface area contributed by atoms with Crippen molar-refractivity contribution in [3.63, 3.8) is 0 Å². The summed E-state index contributed by atoms with van der Waals surface area (Å²) in [6.07, 6.45) is 29.3. The highest BCUT2D eigenvalue weighted by Crippen LogP contribution is 2.38. The van der Waals surface area contributed by atoms with Crippen LogP contribution in [0.5, 0.6) is 0 Å². The van der Waals surface area contributed by atoms with E-state index in [9.17, 15) is 24.9 Å². The van der Waals surface area contributed by atoms with Gasteiger partial charge in [0.15, 0.2) is 6.10 Å². The van der Waals surface area contributed by atoms with Crippen LogP contribution in [0.2, 0.25) is 0 Å². The second kappa shape index (κ2) is 25.0. The van der Waals surface area contributed by atoms with Crippen LogP contribution < -0.4 is 11.1 Å². The topological polar surface area (TPSA) is 179 Å². The standard InChI is InChI=1S/C49H72N2O10/c1-32(17-14-15-23-46(54)51-28-27-50)29-33(2)49-42-26-25-36(57-49)18-10-6-5-7-11-19-37(52)48(56)45-30-38(53)34(3)39(59-45)21-16-22-40-35(4)43-31-44(58-40)41(60-43)20-12-8-9-13-24-47(55)61-42/h6,8-13,16,19-20,22,24-26,29,32,34-45,48-49,52-53,56H,5,7,14-15,17-18,21,23,27-28,30-31,50H2,1-4H3,(H,51,54)/b9-8?,10-6+,19-11?,20-12?,22-16+,24-13-,33-29+. The molecule has 0 radical (unpaired) electrons. The number of hydrogen-bond donors (Lipinski definition) is 5. The molecule has 12 heteroatoms. The van der Waals surface area contributed by atoms with E-state index in [1.165, 1.54) is 6.08 Å². The van der Waals surface area contributed by atoms with Crippen molar-refractivity contribution in [1.29, 1.82) is 0 Å². The molecule has 6 aliphatic rings. The van der Waals surface area contributed by atoms with Crippen LogP contribution in [0.1, 0.15) is 91.9 Å². The zero-order valence-corrected chi connectivity index (χ0v) is 36.6. The molecule has 61 heavy (non-hydrogen) atoms. The summed E-state index contributed by atoms with van der Waals surface area (Å²) in [6, 6.07) is 0. The zero-order valence-electron chi connectivity index (χ0n) is 36.6. The van der Waals surface area contributed by atoms with Crippen molar-refractivity contribution in [1.82, 2.24) is 5.32 Å². The highest BCUT2D eigenvalue weighted by atomic mass is 16.6. The molecule has 7 bridgehead atoms. The van der Waals surface area contributed by atoms with Gasteiger partial charge in [-0.2, -0.15) is 0 Å². The van der Waals surface area contributed by atoms with Crippen LogP contribution in [0.3, 0.4) is 0 Å². The van der Waals surface area contributed by atoms with Gasteiger partial charge < -0.3 is 50.1 Å². The third-order valence-electron chi connectivity index (χ3n) is 12.4. The number of hydrogen-bond acceptors (Lipinski definition) is 11. The Balaban J connectivity index is 1.26. The van der Waals surface area contributed by atoms with Crippen LogP contribution >= 0.6 is 0 Å². The number of unbranched alkanes of at least 4 members (excludes halogenated alkanes) is 1. The maximum atomic E-state index is 13.0. The number of aliphatic hydroxyl groups is 3. The lowest BCUT2D eigenvalue weighted by Crippen LogP contribution is -2.50. The number of nitrogens with one attached hydrogen (secondary N) is 1. The Kier molecular flexibility index (Phi) is 19.9. The van der Waals surface area contributed by atoms with E-state index in [2.05, 4.69) is 43.5 Å². The molecular formula is C49H72N2O10. The fourth-order valence-electron chi connectivity index (χ4n) is 8.69. The number of aliphatic hydroxyl groups excluding tert-OH is 3. The molecule has 12 nitrogen and oxygen atoms in total. The van der Waals surface area contributed by atoms with Crippen molar-refractivity contribution in [2.75, 3.05) is 13.1 Å². The number of fused-ring (bicyclic) bond motifs is 13. The van der Waals surface area contributed by atoms with Crippen LogP contribution in [0.25, 0.3) is 0 Å². The number of rotatable bonds is 9. The predicted octanol–water partition coefficient (Wildman–Crippen LogP) is 5.79. The van der Waals surface area contributed by atoms with Crippen molar-refractivity contribution in [3.05, 3.63) is 96.7 Å². The third kappa shape index (κ3) is 15.1. The summed E-state index contributed by atoms with van der Waals surface area (Å²) >= 11 is 0. The van der Waals surface area contributed by atoms with E-state index in [-0.39, 0.29) is 66.7 Å². The Morgan fingerprint density at radius 2 is 1.59 bits per heavy atom. The third-order valence-corrected chi connectivity index (χ3v) is 12.4. The van der Waals surface area contributed by atoms with E-state index in [0.29, 0.717) is 38.8 Å². The Morgan fingerprint density at radius 3 is 2.41 bits per heavy atom. The SMILES string of the molecule is C/C(=C\C(C)CCCCC(=O)NCCN)C1OC2C=CC1OC(=O)/C=C\C=CC=CC1OC3CC1OC(/C=C/CC1OC(CC(O)C1C)C(O)C(O)C=CCC/C=C/C2)C3C. The van der Waals surface area contributed by atoms with Gasteiger partial charge in [-0.25, -0.2) is 4.79 Å². The Morgan fingerprint density at radius 1 is 0.803 bits per heavy atom. The fraction of sp³-hybridized carbons (Fsp3) is 0.633. The first kappa shape index (κ1) is 48.6. The van der Waals surface area contributed by atoms with Crippen LogP contribution in [0.4, 0.5) is 0 Å². The minimum Gasteiger partial charge on any atom is -0.452 e. The van der Waals surface area contributed by atoms with E-state index < -0.39 is 42.6 Å². The molecule has 338 valence electrons. The summed E-state index contributed by atoms with van der Waals surface area (Å²) in [7, 11) is 0. The van der Waals surface area contributed by atoms with Crippen LogP contribution in [-0.2, 0) is 33.3 Å². The predicted molar refractivity (Wildman–Crippen MR) is 236 cm³/mol. The first-order valence-corrected chi connectivity index (χ1v) is 22.6. The van der Waals surface area contributed by atoms with E-state index in [1.54, 1.807) is 18.2 Å². The molecule has 15 unspecified atom stereocenters. The van der Waals surface area contributed by atoms with Crippen LogP contribution in [0, 0.1) is 17.8 Å². The number of ether oxygens (including phenoxy) is 5. The van der Waals surface area contributed by atoms with E-state index >= 15 is 0 Å². The van der Waals surface area contributed by atoms with Crippen molar-refractivity contribution in [3.8, 4) is 0 Å². The summed E-state index contributed by atoms with van der Waals surface area (Å²) in [5.41, 5.74) is 6.46. The van der Waals surface area contributed by atoms with Crippen molar-refractivity contribution < 1.29 is 48.6 Å². The monoisotopic (exact) mass is 849 g/mol. The summed E-state index contributed by atoms with van der Waals surface area (Å²) < 4.78 is 31.7. The van der Waals surface area contributed by atoms with Crippen molar-refractivity contribution in [2.24, 2.45) is 23.5 Å². The lowest BCUT2D eigenvalue weighted by atomic mass is 9.85. The number of carbonyl (C=O) groups excluding carboxylic acids is 2. The molecular weight excluding hydrogens is 777 g/mol. The van der Waals surface area contributed by atoms with Crippen molar-refractivity contribution in [2.45, 2.75) is 165 Å². The Labute approximate surface area is 363 Å². The highest BCUT2D eigenvalue weighted by molar-refractivity contribution is 5.82. The molecule has 3 fully saturated rings. The average molecular weight is 849 g/mol. The summed E-state index contributed by atoms with van der Waals surface area (Å²) in [5.74, 6) is -0.218. The van der Waals surface area contributed by atoms with Gasteiger partial charge in [-0.3, -0.25) is 4.79 Å². The lowest BCUT2D eigenvalue weighted by Gasteiger charge is -2.40. The Hall–Kier alpha value is -3.46. The number of amides is 1. The second-order valence-corrected chi connectivity index (χ2v) is 17.4. The molecule has 15 atom stereocenters. The zero-order chi connectivity index (χ0) is 43.7. The Bertz CT molecular complexity index is 1630. The fourth-order valence-corrected chi connectivity index (χ4v) is 8.69. The molecule has 0 aliphatic carbocycles. The number of nitrogens with two attached hydrogens (primary N) is 1. The maximum absolute atomic E-state index is 13.0. The highest BCUT2D eigenvalue weighted by Gasteiger charge is 2.45. The van der Waals surface area contributed by atoms with Gasteiger partial charge in [0.05, 0.1) is 42.7 Å². The van der Waals surface area contributed by atoms with Gasteiger partial charge in [-0.1, -0.05) is 106 Å². The molecule has 6 heterocycles. The van der Waals surface area contributed by atoms with Gasteiger partial charge in [0, 0.05) is 50.3 Å². The number of allylic oxidation sites excluding steroid dienone is 7. The minimum absolute atomic E-state index is 0.0237. The van der Waals surface area contributed by atoms with E-state index in [1.807, 2.05) is 56.4 Å². The van der Waals surface area contributed by atoms with Crippen molar-refractivity contribution >= 4 is 11.9 Å². The quantitative estimate of drug-likeness (QED) is 0.108. The summed E-state index contributed by atoms with van der Waals surface area (Å²) in [4.78, 5) is 25.0. The van der Waals surface area contributed by atoms with E-state index in [0.717, 1.165) is 37.7 Å². The molecule has 0 aromatic carbocycles. The molecule has 6 aliphatic heterocycles. The summed E-state index contributed by atoms with van der Waals surface area (Å²) in [5, 5.41) is 35.6. The lowest BCUT2D eigenvalue weighted by molar-refractivity contribution is -0.175. The van der Waals surface area contributed by atoms with Gasteiger partial charge in [0.2, 0.25) is 5.91 Å². The molecule has 6 rings (SSSR count). The van der Waals surface area contributed by atoms with Gasteiger partial charge >= 0.3 is 5.97 Å².